The number of carbonyl (C=O) groups excluding carboxylic acids is 1. The van der Waals surface area contributed by atoms with Crippen molar-refractivity contribution in [1.29, 1.82) is 0 Å². The summed E-state index contributed by atoms with van der Waals surface area (Å²) in [6.45, 7) is 0.254. The number of non-ortho nitro benzene ring substituents is 1. The van der Waals surface area contributed by atoms with Gasteiger partial charge in [0.2, 0.25) is 5.91 Å². The van der Waals surface area contributed by atoms with Crippen molar-refractivity contribution in [3.05, 3.63) is 119 Å². The van der Waals surface area contributed by atoms with Crippen LogP contribution in [0.25, 0.3) is 21.3 Å². The summed E-state index contributed by atoms with van der Waals surface area (Å²) in [5, 5.41) is 11.7. The zero-order valence-electron chi connectivity index (χ0n) is 18.6. The van der Waals surface area contributed by atoms with Gasteiger partial charge in [-0.15, -0.1) is 0 Å². The molecular weight excluding hydrogens is 460 g/mol. The molecule has 0 saturated carbocycles. The monoisotopic (exact) mass is 480 g/mol. The molecule has 2 aromatic heterocycles. The fraction of sp³-hybridized carbons (Fsp3) is 0.0741. The van der Waals surface area contributed by atoms with E-state index in [0.29, 0.717) is 15.3 Å². The summed E-state index contributed by atoms with van der Waals surface area (Å²) in [7, 11) is 0. The van der Waals surface area contributed by atoms with E-state index in [4.69, 9.17) is 0 Å². The lowest BCUT2D eigenvalue weighted by atomic mass is 10.0. The summed E-state index contributed by atoms with van der Waals surface area (Å²) < 4.78 is 0.653. The maximum atomic E-state index is 13.5. The average Bonchev–Trinajstić information content (AvgIpc) is 3.32. The van der Waals surface area contributed by atoms with Gasteiger partial charge in [-0.3, -0.25) is 24.8 Å². The maximum Gasteiger partial charge on any atom is 0.270 e. The molecule has 0 unspecified atom stereocenters. The molecule has 0 saturated heterocycles. The Hall–Kier alpha value is -4.43. The van der Waals surface area contributed by atoms with Crippen molar-refractivity contribution in [1.82, 2.24) is 9.97 Å². The quantitative estimate of drug-likeness (QED) is 0.209. The molecule has 2 heterocycles. The van der Waals surface area contributed by atoms with Crippen LogP contribution in [-0.2, 0) is 17.8 Å². The van der Waals surface area contributed by atoms with Gasteiger partial charge in [0.1, 0.15) is 0 Å². The van der Waals surface area contributed by atoms with E-state index in [0.717, 1.165) is 22.4 Å². The Labute approximate surface area is 205 Å². The van der Waals surface area contributed by atoms with E-state index in [1.165, 1.54) is 23.5 Å². The van der Waals surface area contributed by atoms with E-state index in [-0.39, 0.29) is 24.6 Å². The number of rotatable bonds is 7. The lowest BCUT2D eigenvalue weighted by molar-refractivity contribution is -0.384. The van der Waals surface area contributed by atoms with Crippen molar-refractivity contribution >= 4 is 38.3 Å². The zero-order valence-corrected chi connectivity index (χ0v) is 19.4. The number of hydrogen-bond acceptors (Lipinski definition) is 6. The van der Waals surface area contributed by atoms with Gasteiger partial charge in [0, 0.05) is 18.3 Å². The van der Waals surface area contributed by atoms with Crippen LogP contribution in [0.4, 0.5) is 10.8 Å². The largest absolute Gasteiger partial charge is 0.282 e. The van der Waals surface area contributed by atoms with Gasteiger partial charge >= 0.3 is 0 Å². The molecule has 5 rings (SSSR count). The van der Waals surface area contributed by atoms with Crippen LogP contribution in [0.2, 0.25) is 0 Å². The van der Waals surface area contributed by atoms with Gasteiger partial charge in [0.25, 0.3) is 5.69 Å². The number of anilines is 1. The molecule has 0 spiro atoms. The summed E-state index contributed by atoms with van der Waals surface area (Å²) in [5.41, 5.74) is 4.42. The van der Waals surface area contributed by atoms with Crippen LogP contribution in [0.1, 0.15) is 11.3 Å². The van der Waals surface area contributed by atoms with Gasteiger partial charge in [0.15, 0.2) is 5.13 Å². The normalized spacial score (nSPS) is 10.9. The number of fused-ring (bicyclic) bond motifs is 1. The second kappa shape index (κ2) is 9.82. The molecule has 1 amide bonds. The van der Waals surface area contributed by atoms with Crippen LogP contribution in [0.15, 0.2) is 97.2 Å². The molecule has 8 heteroatoms. The maximum absolute atomic E-state index is 13.5. The smallest absolute Gasteiger partial charge is 0.270 e. The van der Waals surface area contributed by atoms with Gasteiger partial charge in [-0.05, 0) is 34.9 Å². The molecule has 0 aliphatic carbocycles. The average molecular weight is 481 g/mol. The van der Waals surface area contributed by atoms with E-state index in [9.17, 15) is 14.9 Å². The third-order valence-electron chi connectivity index (χ3n) is 5.57. The predicted molar refractivity (Wildman–Crippen MR) is 137 cm³/mol. The fourth-order valence-electron chi connectivity index (χ4n) is 3.76. The van der Waals surface area contributed by atoms with Gasteiger partial charge < -0.3 is 0 Å². The number of nitro groups is 1. The highest BCUT2D eigenvalue weighted by Crippen LogP contribution is 2.32. The minimum atomic E-state index is -0.436. The Morgan fingerprint density at radius 1 is 0.914 bits per heavy atom. The first-order chi connectivity index (χ1) is 17.1. The number of aromatic nitrogens is 2. The number of nitro benzene ring substituents is 1. The minimum Gasteiger partial charge on any atom is -0.282 e. The van der Waals surface area contributed by atoms with Crippen LogP contribution in [-0.4, -0.2) is 20.8 Å². The molecule has 0 N–H and O–H groups in total. The Morgan fingerprint density at radius 2 is 1.66 bits per heavy atom. The highest BCUT2D eigenvalue weighted by atomic mass is 32.1. The molecule has 35 heavy (non-hydrogen) atoms. The molecule has 0 radical (unpaired) electrons. The Kier molecular flexibility index (Phi) is 6.28. The molecule has 0 aliphatic rings. The minimum absolute atomic E-state index is 0.00573. The SMILES string of the molecule is O=C(Cc1ccc(-c2ccccc2)cc1)N(Cc1ccccn1)c1nc2ccc([N+](=O)[O-])cc2s1. The van der Waals surface area contributed by atoms with E-state index < -0.39 is 4.92 Å². The van der Waals surface area contributed by atoms with E-state index in [2.05, 4.69) is 9.97 Å². The lowest BCUT2D eigenvalue weighted by Crippen LogP contribution is -2.32. The molecule has 0 fully saturated rings. The Morgan fingerprint density at radius 3 is 2.37 bits per heavy atom. The molecule has 172 valence electrons. The summed E-state index contributed by atoms with van der Waals surface area (Å²) in [4.78, 5) is 34.8. The molecule has 0 bridgehead atoms. The van der Waals surface area contributed by atoms with Crippen molar-refractivity contribution in [2.75, 3.05) is 4.90 Å². The number of hydrogen-bond donors (Lipinski definition) is 0. The van der Waals surface area contributed by atoms with Gasteiger partial charge in [0.05, 0.1) is 33.8 Å². The highest BCUT2D eigenvalue weighted by Gasteiger charge is 2.22. The van der Waals surface area contributed by atoms with Crippen LogP contribution >= 0.6 is 11.3 Å². The molecule has 7 nitrogen and oxygen atoms in total. The summed E-state index contributed by atoms with van der Waals surface area (Å²) in [5.74, 6) is -0.128. The molecular formula is C27H20N4O3S. The van der Waals surface area contributed by atoms with Crippen LogP contribution in [0.5, 0.6) is 0 Å². The second-order valence-electron chi connectivity index (χ2n) is 7.95. The topological polar surface area (TPSA) is 89.2 Å². The molecule has 0 atom stereocenters. The third kappa shape index (κ3) is 5.07. The van der Waals surface area contributed by atoms with Gasteiger partial charge in [-0.2, -0.15) is 0 Å². The van der Waals surface area contributed by atoms with Crippen molar-refractivity contribution in [2.45, 2.75) is 13.0 Å². The number of amides is 1. The zero-order chi connectivity index (χ0) is 24.2. The number of pyridine rings is 1. The molecule has 5 aromatic rings. The summed E-state index contributed by atoms with van der Waals surface area (Å²) in [6, 6.07) is 28.1. The first-order valence-corrected chi connectivity index (χ1v) is 11.8. The van der Waals surface area contributed by atoms with Gasteiger partial charge in [-0.25, -0.2) is 4.98 Å². The fourth-order valence-corrected chi connectivity index (χ4v) is 4.78. The lowest BCUT2D eigenvalue weighted by Gasteiger charge is -2.19. The van der Waals surface area contributed by atoms with Crippen molar-refractivity contribution in [3.63, 3.8) is 0 Å². The van der Waals surface area contributed by atoms with E-state index in [1.807, 2.05) is 72.8 Å². The first kappa shape index (κ1) is 22.4. The van der Waals surface area contributed by atoms with Crippen LogP contribution in [0, 0.1) is 10.1 Å². The Bertz CT molecular complexity index is 1490. The highest BCUT2D eigenvalue weighted by molar-refractivity contribution is 7.22. The van der Waals surface area contributed by atoms with Crippen LogP contribution < -0.4 is 4.90 Å². The van der Waals surface area contributed by atoms with Crippen molar-refractivity contribution in [3.8, 4) is 11.1 Å². The standard InChI is InChI=1S/C27H20N4O3S/c32-26(16-19-9-11-21(12-10-19)20-6-2-1-3-7-20)30(18-22-8-4-5-15-28-22)27-29-24-14-13-23(31(33)34)17-25(24)35-27/h1-15,17H,16,18H2. The van der Waals surface area contributed by atoms with E-state index >= 15 is 0 Å². The van der Waals surface area contributed by atoms with Gasteiger partial charge in [-0.1, -0.05) is 72.0 Å². The summed E-state index contributed by atoms with van der Waals surface area (Å²) in [6.07, 6.45) is 1.87. The third-order valence-corrected chi connectivity index (χ3v) is 6.61. The number of carbonyl (C=O) groups is 1. The van der Waals surface area contributed by atoms with Crippen LogP contribution in [0.3, 0.4) is 0 Å². The number of nitrogens with zero attached hydrogens (tertiary/aromatic N) is 4. The predicted octanol–water partition coefficient (Wildman–Crippen LogP) is 6.04. The molecule has 0 aliphatic heterocycles. The second-order valence-corrected chi connectivity index (χ2v) is 8.96. The first-order valence-electron chi connectivity index (χ1n) is 11.0. The van der Waals surface area contributed by atoms with Crippen molar-refractivity contribution < 1.29 is 9.72 Å². The van der Waals surface area contributed by atoms with E-state index in [1.54, 1.807) is 17.2 Å². The molecule has 3 aromatic carbocycles. The summed E-state index contributed by atoms with van der Waals surface area (Å²) >= 11 is 1.26. The number of thiazole rings is 1. The van der Waals surface area contributed by atoms with Crippen molar-refractivity contribution in [2.24, 2.45) is 0 Å². The Balaban J connectivity index is 1.43. The number of benzene rings is 3.